The number of likely N-dealkylation sites (N-methyl/N-ethyl adjacent to an activating group) is 1. The molecule has 2 fully saturated rings. The number of nitriles is 1. The molecule has 0 radical (unpaired) electrons. The molecule has 1 heterocycles. The highest BCUT2D eigenvalue weighted by Gasteiger charge is 2.25. The van der Waals surface area contributed by atoms with Gasteiger partial charge in [-0.1, -0.05) is 31.0 Å². The van der Waals surface area contributed by atoms with Crippen LogP contribution in [-0.2, 0) is 11.3 Å². The van der Waals surface area contributed by atoms with Crippen LogP contribution in [0, 0.1) is 11.3 Å². The van der Waals surface area contributed by atoms with Crippen LogP contribution >= 0.6 is 0 Å². The molecule has 0 N–H and O–H groups in total. The number of hydrogen-bond acceptors (Lipinski definition) is 4. The highest BCUT2D eigenvalue weighted by molar-refractivity contribution is 5.78. The first kappa shape index (κ1) is 18.9. The van der Waals surface area contributed by atoms with Crippen LogP contribution in [-0.4, -0.2) is 66.4 Å². The normalized spacial score (nSPS) is 19.5. The molecule has 1 aliphatic heterocycles. The Morgan fingerprint density at radius 2 is 1.92 bits per heavy atom. The molecule has 1 aromatic carbocycles. The Bertz CT molecular complexity index is 648. The molecule has 2 aliphatic rings. The largest absolute Gasteiger partial charge is 0.340 e. The fraction of sp³-hybridized carbons (Fsp3) is 0.619. The Balaban J connectivity index is 1.51. The second-order valence-electron chi connectivity index (χ2n) is 7.63. The summed E-state index contributed by atoms with van der Waals surface area (Å²) in [6.07, 6.45) is 6.05. The van der Waals surface area contributed by atoms with Crippen molar-refractivity contribution < 1.29 is 4.79 Å². The van der Waals surface area contributed by atoms with Crippen LogP contribution in [0.15, 0.2) is 24.3 Å². The molecule has 0 spiro atoms. The van der Waals surface area contributed by atoms with Gasteiger partial charge in [-0.15, -0.1) is 0 Å². The topological polar surface area (TPSA) is 50.6 Å². The lowest BCUT2D eigenvalue weighted by molar-refractivity contribution is -0.132. The lowest BCUT2D eigenvalue weighted by Gasteiger charge is -2.27. The maximum Gasteiger partial charge on any atom is 0.236 e. The third-order valence-electron chi connectivity index (χ3n) is 5.81. The van der Waals surface area contributed by atoms with Crippen LogP contribution in [0.2, 0.25) is 0 Å². The standard InChI is InChI=1S/C21H30N4O/c1-23(20-9-4-5-10-20)17-21(26)25-12-6-11-24(13-14-25)16-19-8-3-2-7-18(19)15-22/h2-3,7-8,20H,4-6,9-14,16-17H2,1H3. The van der Waals surface area contributed by atoms with E-state index in [1.807, 2.05) is 29.2 Å². The average Bonchev–Trinajstić information content (AvgIpc) is 3.09. The summed E-state index contributed by atoms with van der Waals surface area (Å²) in [6.45, 7) is 4.80. The highest BCUT2D eigenvalue weighted by Crippen LogP contribution is 2.22. The van der Waals surface area contributed by atoms with Crippen molar-refractivity contribution in [3.63, 3.8) is 0 Å². The van der Waals surface area contributed by atoms with Gasteiger partial charge in [0.1, 0.15) is 0 Å². The van der Waals surface area contributed by atoms with Crippen molar-refractivity contribution in [3.8, 4) is 6.07 Å². The summed E-state index contributed by atoms with van der Waals surface area (Å²) in [4.78, 5) is 19.4. The first-order valence-electron chi connectivity index (χ1n) is 9.86. The van der Waals surface area contributed by atoms with Crippen molar-refractivity contribution in [1.82, 2.24) is 14.7 Å². The molecule has 1 amide bonds. The summed E-state index contributed by atoms with van der Waals surface area (Å²) in [7, 11) is 2.09. The Labute approximate surface area is 157 Å². The average molecular weight is 354 g/mol. The Hall–Kier alpha value is -1.90. The number of nitrogens with zero attached hydrogens (tertiary/aromatic N) is 4. The molecule has 0 bridgehead atoms. The lowest BCUT2D eigenvalue weighted by atomic mass is 10.1. The monoisotopic (exact) mass is 354 g/mol. The van der Waals surface area contributed by atoms with Gasteiger partial charge in [-0.05, 0) is 37.9 Å². The zero-order valence-corrected chi connectivity index (χ0v) is 15.9. The van der Waals surface area contributed by atoms with E-state index in [9.17, 15) is 10.1 Å². The van der Waals surface area contributed by atoms with Crippen LogP contribution in [0.3, 0.4) is 0 Å². The van der Waals surface area contributed by atoms with Gasteiger partial charge in [0.2, 0.25) is 5.91 Å². The summed E-state index contributed by atoms with van der Waals surface area (Å²) in [5, 5.41) is 9.27. The molecule has 1 aliphatic carbocycles. The van der Waals surface area contributed by atoms with Crippen molar-refractivity contribution in [2.24, 2.45) is 0 Å². The molecule has 0 unspecified atom stereocenters. The second kappa shape index (κ2) is 9.16. The van der Waals surface area contributed by atoms with E-state index < -0.39 is 0 Å². The number of carbonyl (C=O) groups excluding carboxylic acids is 1. The maximum absolute atomic E-state index is 12.7. The Morgan fingerprint density at radius 3 is 2.69 bits per heavy atom. The minimum absolute atomic E-state index is 0.263. The molecule has 0 atom stereocenters. The van der Waals surface area contributed by atoms with Gasteiger partial charge in [0.15, 0.2) is 0 Å². The first-order valence-corrected chi connectivity index (χ1v) is 9.86. The molecular formula is C21H30N4O. The summed E-state index contributed by atoms with van der Waals surface area (Å²) in [5.41, 5.74) is 1.83. The molecule has 1 aromatic rings. The fourth-order valence-corrected chi connectivity index (χ4v) is 4.17. The summed E-state index contributed by atoms with van der Waals surface area (Å²) in [5.74, 6) is 0.263. The number of benzene rings is 1. The Morgan fingerprint density at radius 1 is 1.15 bits per heavy atom. The minimum Gasteiger partial charge on any atom is -0.340 e. The molecule has 26 heavy (non-hydrogen) atoms. The number of rotatable bonds is 5. The lowest BCUT2D eigenvalue weighted by Crippen LogP contribution is -2.43. The van der Waals surface area contributed by atoms with Crippen LogP contribution in [0.25, 0.3) is 0 Å². The molecular weight excluding hydrogens is 324 g/mol. The molecule has 1 saturated carbocycles. The predicted octanol–water partition coefficient (Wildman–Crippen LogP) is 2.47. The molecule has 5 nitrogen and oxygen atoms in total. The quantitative estimate of drug-likeness (QED) is 0.815. The minimum atomic E-state index is 0.263. The summed E-state index contributed by atoms with van der Waals surface area (Å²) >= 11 is 0. The summed E-state index contributed by atoms with van der Waals surface area (Å²) in [6, 6.07) is 10.7. The van der Waals surface area contributed by atoms with E-state index in [1.165, 1.54) is 25.7 Å². The second-order valence-corrected chi connectivity index (χ2v) is 7.63. The van der Waals surface area contributed by atoms with Crippen molar-refractivity contribution in [1.29, 1.82) is 5.26 Å². The predicted molar refractivity (Wildman–Crippen MR) is 103 cm³/mol. The Kier molecular flexibility index (Phi) is 6.65. The van der Waals surface area contributed by atoms with E-state index in [0.29, 0.717) is 12.6 Å². The highest BCUT2D eigenvalue weighted by atomic mass is 16.2. The van der Waals surface area contributed by atoms with Gasteiger partial charge in [0.05, 0.1) is 18.2 Å². The van der Waals surface area contributed by atoms with E-state index in [-0.39, 0.29) is 5.91 Å². The van der Waals surface area contributed by atoms with Crippen LogP contribution in [0.1, 0.15) is 43.2 Å². The van der Waals surface area contributed by atoms with Crippen LogP contribution < -0.4 is 0 Å². The van der Waals surface area contributed by atoms with E-state index in [0.717, 1.165) is 50.3 Å². The van der Waals surface area contributed by atoms with Crippen molar-refractivity contribution in [2.45, 2.75) is 44.7 Å². The molecule has 0 aromatic heterocycles. The zero-order chi connectivity index (χ0) is 18.4. The van der Waals surface area contributed by atoms with E-state index in [1.54, 1.807) is 0 Å². The third kappa shape index (κ3) is 4.84. The maximum atomic E-state index is 12.7. The summed E-state index contributed by atoms with van der Waals surface area (Å²) < 4.78 is 0. The number of amides is 1. The number of carbonyl (C=O) groups is 1. The van der Waals surface area contributed by atoms with Gasteiger partial charge in [-0.25, -0.2) is 0 Å². The van der Waals surface area contributed by atoms with Gasteiger partial charge < -0.3 is 4.90 Å². The molecule has 1 saturated heterocycles. The zero-order valence-electron chi connectivity index (χ0n) is 15.9. The molecule has 140 valence electrons. The van der Waals surface area contributed by atoms with Crippen molar-refractivity contribution >= 4 is 5.91 Å². The van der Waals surface area contributed by atoms with E-state index in [2.05, 4.69) is 22.9 Å². The smallest absolute Gasteiger partial charge is 0.236 e. The SMILES string of the molecule is CN(CC(=O)N1CCCN(Cc2ccccc2C#N)CC1)C1CCCC1. The first-order chi connectivity index (χ1) is 12.7. The molecule has 3 rings (SSSR count). The van der Waals surface area contributed by atoms with Gasteiger partial charge in [-0.3, -0.25) is 14.6 Å². The number of hydrogen-bond donors (Lipinski definition) is 0. The van der Waals surface area contributed by atoms with E-state index in [4.69, 9.17) is 0 Å². The van der Waals surface area contributed by atoms with Gasteiger partial charge in [-0.2, -0.15) is 5.26 Å². The van der Waals surface area contributed by atoms with Crippen molar-refractivity contribution in [2.75, 3.05) is 39.8 Å². The van der Waals surface area contributed by atoms with Gasteiger partial charge in [0, 0.05) is 38.8 Å². The fourth-order valence-electron chi connectivity index (χ4n) is 4.17. The van der Waals surface area contributed by atoms with Crippen LogP contribution in [0.4, 0.5) is 0 Å². The molecule has 5 heteroatoms. The van der Waals surface area contributed by atoms with E-state index >= 15 is 0 Å². The third-order valence-corrected chi connectivity index (χ3v) is 5.81. The van der Waals surface area contributed by atoms with Crippen molar-refractivity contribution in [3.05, 3.63) is 35.4 Å². The van der Waals surface area contributed by atoms with Gasteiger partial charge >= 0.3 is 0 Å². The van der Waals surface area contributed by atoms with Crippen LogP contribution in [0.5, 0.6) is 0 Å². The van der Waals surface area contributed by atoms with Gasteiger partial charge in [0.25, 0.3) is 0 Å².